The molecule has 0 aliphatic carbocycles. The lowest BCUT2D eigenvalue weighted by Gasteiger charge is -2.37. The minimum Gasteiger partial charge on any atom is -0.459 e. The second-order valence-corrected chi connectivity index (χ2v) is 8.33. The molecule has 7 nitrogen and oxygen atoms in total. The van der Waals surface area contributed by atoms with Crippen molar-refractivity contribution >= 4 is 52.1 Å². The van der Waals surface area contributed by atoms with E-state index in [0.29, 0.717) is 36.1 Å². The first kappa shape index (κ1) is 22.1. The summed E-state index contributed by atoms with van der Waals surface area (Å²) in [4.78, 5) is 28.3. The Morgan fingerprint density at radius 3 is 2.53 bits per heavy atom. The molecule has 0 saturated carbocycles. The number of carbonyl (C=O) groups is 2. The molecular formula is C21H25ClN4O3S. The number of thiocarbonyl (C=S) groups is 1. The zero-order valence-corrected chi connectivity index (χ0v) is 18.6. The van der Waals surface area contributed by atoms with E-state index in [2.05, 4.69) is 29.4 Å². The largest absolute Gasteiger partial charge is 0.459 e. The van der Waals surface area contributed by atoms with E-state index in [9.17, 15) is 9.59 Å². The molecule has 1 fully saturated rings. The van der Waals surface area contributed by atoms with Crippen LogP contribution in [0.25, 0.3) is 0 Å². The Balaban J connectivity index is 1.55. The molecular weight excluding hydrogens is 424 g/mol. The minimum absolute atomic E-state index is 0.150. The lowest BCUT2D eigenvalue weighted by atomic mass is 10.1. The molecule has 1 aliphatic heterocycles. The predicted molar refractivity (Wildman–Crippen MR) is 122 cm³/mol. The number of nitrogens with one attached hydrogen (secondary N) is 2. The Morgan fingerprint density at radius 2 is 1.93 bits per heavy atom. The highest BCUT2D eigenvalue weighted by Gasteiger charge is 2.23. The van der Waals surface area contributed by atoms with Gasteiger partial charge >= 0.3 is 0 Å². The first-order valence-electron chi connectivity index (χ1n) is 9.81. The van der Waals surface area contributed by atoms with E-state index in [1.54, 1.807) is 18.2 Å². The van der Waals surface area contributed by atoms with E-state index < -0.39 is 5.91 Å². The number of carbonyl (C=O) groups excluding carboxylic acids is 2. The Morgan fingerprint density at radius 1 is 1.20 bits per heavy atom. The van der Waals surface area contributed by atoms with Crippen LogP contribution < -0.4 is 15.5 Å². The summed E-state index contributed by atoms with van der Waals surface area (Å²) < 4.78 is 5.04. The third-order valence-corrected chi connectivity index (χ3v) is 5.24. The number of piperazine rings is 1. The summed E-state index contributed by atoms with van der Waals surface area (Å²) in [5, 5.41) is 6.22. The summed E-state index contributed by atoms with van der Waals surface area (Å²) in [6.07, 6.45) is 2.00. The normalized spacial score (nSPS) is 14.0. The maximum atomic E-state index is 12.2. The maximum Gasteiger partial charge on any atom is 0.293 e. The van der Waals surface area contributed by atoms with Crippen molar-refractivity contribution in [3.8, 4) is 0 Å². The van der Waals surface area contributed by atoms with Crippen LogP contribution in [0.3, 0.4) is 0 Å². The molecule has 9 heteroatoms. The fraction of sp³-hybridized carbons (Fsp3) is 0.381. The number of rotatable bonds is 5. The predicted octanol–water partition coefficient (Wildman–Crippen LogP) is 3.75. The first-order chi connectivity index (χ1) is 14.3. The Labute approximate surface area is 186 Å². The molecule has 30 heavy (non-hydrogen) atoms. The molecule has 0 atom stereocenters. The highest BCUT2D eigenvalue weighted by Crippen LogP contribution is 2.29. The molecule has 1 aromatic heterocycles. The van der Waals surface area contributed by atoms with Crippen LogP contribution in [-0.2, 0) is 4.79 Å². The average Bonchev–Trinajstić information content (AvgIpc) is 3.22. The molecule has 0 unspecified atom stereocenters. The Hall–Kier alpha value is -2.58. The topological polar surface area (TPSA) is 77.8 Å². The Bertz CT molecular complexity index is 909. The van der Waals surface area contributed by atoms with Gasteiger partial charge in [-0.05, 0) is 48.5 Å². The summed E-state index contributed by atoms with van der Waals surface area (Å²) in [6.45, 7) is 6.94. The van der Waals surface area contributed by atoms with E-state index >= 15 is 0 Å². The number of halogens is 1. The number of hydrogen-bond donors (Lipinski definition) is 2. The van der Waals surface area contributed by atoms with Crippen molar-refractivity contribution in [3.05, 3.63) is 47.4 Å². The Kier molecular flexibility index (Phi) is 7.33. The van der Waals surface area contributed by atoms with Crippen molar-refractivity contribution in [2.45, 2.75) is 20.3 Å². The van der Waals surface area contributed by atoms with Crippen LogP contribution in [0, 0.1) is 5.92 Å². The van der Waals surface area contributed by atoms with Crippen molar-refractivity contribution in [2.75, 3.05) is 36.4 Å². The van der Waals surface area contributed by atoms with Crippen LogP contribution in [0.1, 0.15) is 30.8 Å². The summed E-state index contributed by atoms with van der Waals surface area (Å²) in [7, 11) is 0. The molecule has 160 valence electrons. The van der Waals surface area contributed by atoms with Gasteiger partial charge in [-0.15, -0.1) is 0 Å². The zero-order valence-electron chi connectivity index (χ0n) is 17.0. The van der Waals surface area contributed by atoms with E-state index in [-0.39, 0.29) is 16.8 Å². The average molecular weight is 449 g/mol. The third kappa shape index (κ3) is 5.73. The molecule has 2 N–H and O–H groups in total. The molecule has 1 aromatic carbocycles. The SMILES string of the molecule is CC(C)CC(=O)N1CCN(c2ccc(NC(=S)NC(=O)c3ccco3)cc2Cl)CC1. The van der Waals surface area contributed by atoms with Crippen LogP contribution in [0.15, 0.2) is 41.0 Å². The van der Waals surface area contributed by atoms with Gasteiger partial charge in [0.2, 0.25) is 5.91 Å². The summed E-state index contributed by atoms with van der Waals surface area (Å²) in [5.41, 5.74) is 1.57. The molecule has 0 radical (unpaired) electrons. The fourth-order valence-corrected chi connectivity index (χ4v) is 3.76. The quantitative estimate of drug-likeness (QED) is 0.678. The van der Waals surface area contributed by atoms with E-state index in [4.69, 9.17) is 28.2 Å². The second kappa shape index (κ2) is 9.95. The van der Waals surface area contributed by atoms with Crippen molar-refractivity contribution in [1.82, 2.24) is 10.2 Å². The van der Waals surface area contributed by atoms with Gasteiger partial charge in [-0.2, -0.15) is 0 Å². The standard InChI is InChI=1S/C21H25ClN4O3S/c1-14(2)12-19(27)26-9-7-25(8-10-26)17-6-5-15(13-16(17)22)23-21(30)24-20(28)18-4-3-11-29-18/h3-6,11,13-14H,7-10,12H2,1-2H3,(H2,23,24,28,30). The van der Waals surface area contributed by atoms with Crippen molar-refractivity contribution < 1.29 is 14.0 Å². The minimum atomic E-state index is -0.426. The molecule has 2 aromatic rings. The molecule has 2 amide bonds. The van der Waals surface area contributed by atoms with Gasteiger partial charge in [0.15, 0.2) is 10.9 Å². The molecule has 0 bridgehead atoms. The lowest BCUT2D eigenvalue weighted by Crippen LogP contribution is -2.49. The molecule has 0 spiro atoms. The highest BCUT2D eigenvalue weighted by molar-refractivity contribution is 7.80. The zero-order chi connectivity index (χ0) is 21.7. The lowest BCUT2D eigenvalue weighted by molar-refractivity contribution is -0.132. The van der Waals surface area contributed by atoms with Gasteiger partial charge < -0.3 is 19.5 Å². The number of anilines is 2. The van der Waals surface area contributed by atoms with Gasteiger partial charge in [-0.3, -0.25) is 14.9 Å². The summed E-state index contributed by atoms with van der Waals surface area (Å²) >= 11 is 11.7. The second-order valence-electron chi connectivity index (χ2n) is 7.52. The monoisotopic (exact) mass is 448 g/mol. The first-order valence-corrected chi connectivity index (χ1v) is 10.6. The number of benzene rings is 1. The molecule has 2 heterocycles. The van der Waals surface area contributed by atoms with Crippen LogP contribution in [0.5, 0.6) is 0 Å². The van der Waals surface area contributed by atoms with Crippen molar-refractivity contribution in [2.24, 2.45) is 5.92 Å². The number of amides is 2. The number of furan rings is 1. The van der Waals surface area contributed by atoms with Crippen molar-refractivity contribution in [1.29, 1.82) is 0 Å². The van der Waals surface area contributed by atoms with Gasteiger partial charge in [0.25, 0.3) is 5.91 Å². The van der Waals surface area contributed by atoms with Crippen LogP contribution in [0.2, 0.25) is 5.02 Å². The number of nitrogens with zero attached hydrogens (tertiary/aromatic N) is 2. The van der Waals surface area contributed by atoms with Crippen LogP contribution in [0.4, 0.5) is 11.4 Å². The molecule has 3 rings (SSSR count). The van der Waals surface area contributed by atoms with E-state index in [1.165, 1.54) is 6.26 Å². The van der Waals surface area contributed by atoms with Gasteiger partial charge in [0.1, 0.15) is 0 Å². The smallest absolute Gasteiger partial charge is 0.293 e. The highest BCUT2D eigenvalue weighted by atomic mass is 35.5. The van der Waals surface area contributed by atoms with Crippen LogP contribution >= 0.6 is 23.8 Å². The van der Waals surface area contributed by atoms with Gasteiger partial charge in [-0.1, -0.05) is 25.4 Å². The molecule has 1 saturated heterocycles. The fourth-order valence-electron chi connectivity index (χ4n) is 3.25. The van der Waals surface area contributed by atoms with E-state index in [1.807, 2.05) is 17.0 Å². The van der Waals surface area contributed by atoms with E-state index in [0.717, 1.165) is 18.8 Å². The molecule has 1 aliphatic rings. The van der Waals surface area contributed by atoms with Crippen LogP contribution in [-0.4, -0.2) is 48.0 Å². The van der Waals surface area contributed by atoms with Gasteiger partial charge in [0, 0.05) is 38.3 Å². The van der Waals surface area contributed by atoms with Gasteiger partial charge in [0.05, 0.1) is 17.0 Å². The third-order valence-electron chi connectivity index (χ3n) is 4.73. The maximum absolute atomic E-state index is 12.2. The number of hydrogen-bond acceptors (Lipinski definition) is 5. The summed E-state index contributed by atoms with van der Waals surface area (Å²) in [6, 6.07) is 8.71. The van der Waals surface area contributed by atoms with Gasteiger partial charge in [-0.25, -0.2) is 0 Å². The summed E-state index contributed by atoms with van der Waals surface area (Å²) in [5.74, 6) is 0.323. The van der Waals surface area contributed by atoms with Crippen molar-refractivity contribution in [3.63, 3.8) is 0 Å².